The van der Waals surface area contributed by atoms with Gasteiger partial charge < -0.3 is 9.47 Å². The molecule has 4 heteroatoms. The SMILES string of the molecule is CC.CC1OC(=O)OC1=O. The molecule has 10 heavy (non-hydrogen) atoms. The Labute approximate surface area is 59.1 Å². The molecule has 58 valence electrons. The third-order valence-electron chi connectivity index (χ3n) is 0.789. The first kappa shape index (κ1) is 8.94. The normalized spacial score (nSPS) is 22.5. The molecule has 0 bridgehead atoms. The number of cyclic esters (lactones) is 3. The molecule has 0 aromatic carbocycles. The first-order valence-corrected chi connectivity index (χ1v) is 3.12. The minimum atomic E-state index is -0.900. The van der Waals surface area contributed by atoms with Crippen molar-refractivity contribution in [3.63, 3.8) is 0 Å². The van der Waals surface area contributed by atoms with Gasteiger partial charge in [-0.05, 0) is 6.92 Å². The lowest BCUT2D eigenvalue weighted by atomic mass is 10.4. The van der Waals surface area contributed by atoms with Crippen molar-refractivity contribution in [3.8, 4) is 0 Å². The van der Waals surface area contributed by atoms with Gasteiger partial charge in [0.25, 0.3) is 0 Å². The maximum absolute atomic E-state index is 10.2. The highest BCUT2D eigenvalue weighted by molar-refractivity contribution is 5.90. The fraction of sp³-hybridized carbons (Fsp3) is 0.667. The molecule has 1 atom stereocenters. The van der Waals surface area contributed by atoms with Gasteiger partial charge in [0, 0.05) is 0 Å². The Morgan fingerprint density at radius 3 is 1.90 bits per heavy atom. The summed E-state index contributed by atoms with van der Waals surface area (Å²) in [7, 11) is 0. The van der Waals surface area contributed by atoms with E-state index in [1.807, 2.05) is 13.8 Å². The Balaban J connectivity index is 0.000000371. The second-order valence-corrected chi connectivity index (χ2v) is 1.43. The Morgan fingerprint density at radius 1 is 1.30 bits per heavy atom. The van der Waals surface area contributed by atoms with E-state index in [1.54, 1.807) is 0 Å². The zero-order chi connectivity index (χ0) is 8.15. The molecule has 0 spiro atoms. The lowest BCUT2D eigenvalue weighted by molar-refractivity contribution is -0.136. The molecule has 1 rings (SSSR count). The summed E-state index contributed by atoms with van der Waals surface area (Å²) in [4.78, 5) is 20.2. The second-order valence-electron chi connectivity index (χ2n) is 1.43. The maximum atomic E-state index is 10.2. The monoisotopic (exact) mass is 146 g/mol. The molecule has 1 unspecified atom stereocenters. The summed E-state index contributed by atoms with van der Waals surface area (Å²) in [5, 5.41) is 0. The molecule has 1 aliphatic heterocycles. The summed E-state index contributed by atoms with van der Waals surface area (Å²) >= 11 is 0. The molecule has 1 aliphatic rings. The van der Waals surface area contributed by atoms with Crippen LogP contribution in [0, 0.1) is 0 Å². The van der Waals surface area contributed by atoms with Crippen LogP contribution < -0.4 is 0 Å². The molecule has 0 N–H and O–H groups in total. The van der Waals surface area contributed by atoms with Crippen molar-refractivity contribution in [1.82, 2.24) is 0 Å². The van der Waals surface area contributed by atoms with Crippen molar-refractivity contribution < 1.29 is 19.1 Å². The molecule has 0 saturated carbocycles. The number of carbonyl (C=O) groups excluding carboxylic acids is 2. The van der Waals surface area contributed by atoms with Gasteiger partial charge in [-0.1, -0.05) is 13.8 Å². The predicted octanol–water partition coefficient (Wildman–Crippen LogP) is 1.09. The molecule has 0 aliphatic carbocycles. The van der Waals surface area contributed by atoms with Crippen LogP contribution in [0.25, 0.3) is 0 Å². The molecule has 1 heterocycles. The van der Waals surface area contributed by atoms with Crippen LogP contribution in [0.15, 0.2) is 0 Å². The van der Waals surface area contributed by atoms with E-state index in [0.29, 0.717) is 0 Å². The van der Waals surface area contributed by atoms with Crippen LogP contribution in [-0.2, 0) is 14.3 Å². The maximum Gasteiger partial charge on any atom is 0.517 e. The van der Waals surface area contributed by atoms with Crippen molar-refractivity contribution in [1.29, 1.82) is 0 Å². The number of hydrogen-bond donors (Lipinski definition) is 0. The van der Waals surface area contributed by atoms with E-state index < -0.39 is 18.2 Å². The van der Waals surface area contributed by atoms with Crippen LogP contribution >= 0.6 is 0 Å². The Kier molecular flexibility index (Phi) is 3.46. The average Bonchev–Trinajstić information content (AvgIpc) is 2.16. The Hall–Kier alpha value is -1.06. The standard InChI is InChI=1S/C4H4O4.C2H6/c1-2-3(5)8-4(6)7-2;1-2/h2H,1H3;1-2H3. The summed E-state index contributed by atoms with van der Waals surface area (Å²) in [5.74, 6) is -0.616. The number of ether oxygens (including phenoxy) is 2. The molecule has 0 aromatic heterocycles. The Morgan fingerprint density at radius 2 is 1.80 bits per heavy atom. The van der Waals surface area contributed by atoms with Crippen LogP contribution in [0.2, 0.25) is 0 Å². The van der Waals surface area contributed by atoms with Crippen LogP contribution in [0.4, 0.5) is 4.79 Å². The average molecular weight is 146 g/mol. The van der Waals surface area contributed by atoms with Crippen LogP contribution in [-0.4, -0.2) is 18.2 Å². The lowest BCUT2D eigenvalue weighted by Crippen LogP contribution is -2.09. The summed E-state index contributed by atoms with van der Waals surface area (Å²) < 4.78 is 8.24. The van der Waals surface area contributed by atoms with Gasteiger partial charge in [-0.3, -0.25) is 0 Å². The zero-order valence-electron chi connectivity index (χ0n) is 6.21. The topological polar surface area (TPSA) is 52.6 Å². The predicted molar refractivity (Wildman–Crippen MR) is 33.4 cm³/mol. The Bertz CT molecular complexity index is 141. The van der Waals surface area contributed by atoms with E-state index in [-0.39, 0.29) is 0 Å². The lowest BCUT2D eigenvalue weighted by Gasteiger charge is -1.88. The summed E-state index contributed by atoms with van der Waals surface area (Å²) in [5.41, 5.74) is 0. The largest absolute Gasteiger partial charge is 0.517 e. The smallest absolute Gasteiger partial charge is 0.419 e. The molecular formula is C6H10O4. The number of hydrogen-bond acceptors (Lipinski definition) is 4. The van der Waals surface area contributed by atoms with Gasteiger partial charge in [-0.2, -0.15) is 0 Å². The van der Waals surface area contributed by atoms with Gasteiger partial charge in [0.05, 0.1) is 0 Å². The van der Waals surface area contributed by atoms with Crippen molar-refractivity contribution in [2.24, 2.45) is 0 Å². The van der Waals surface area contributed by atoms with Crippen molar-refractivity contribution >= 4 is 12.1 Å². The molecule has 0 aromatic rings. The van der Waals surface area contributed by atoms with E-state index in [4.69, 9.17) is 0 Å². The van der Waals surface area contributed by atoms with Crippen LogP contribution in [0.5, 0.6) is 0 Å². The van der Waals surface area contributed by atoms with Gasteiger partial charge in [0.15, 0.2) is 6.10 Å². The van der Waals surface area contributed by atoms with Crippen molar-refractivity contribution in [2.75, 3.05) is 0 Å². The van der Waals surface area contributed by atoms with Gasteiger partial charge >= 0.3 is 12.1 Å². The third-order valence-corrected chi connectivity index (χ3v) is 0.789. The number of carbonyl (C=O) groups is 2. The van der Waals surface area contributed by atoms with E-state index in [9.17, 15) is 9.59 Å². The molecule has 4 nitrogen and oxygen atoms in total. The summed E-state index contributed by atoms with van der Waals surface area (Å²) in [6.07, 6.45) is -1.62. The highest BCUT2D eigenvalue weighted by Crippen LogP contribution is 2.05. The van der Waals surface area contributed by atoms with Crippen molar-refractivity contribution in [3.05, 3.63) is 0 Å². The van der Waals surface area contributed by atoms with Crippen molar-refractivity contribution in [2.45, 2.75) is 26.9 Å². The highest BCUT2D eigenvalue weighted by atomic mass is 16.8. The zero-order valence-corrected chi connectivity index (χ0v) is 6.21. The summed E-state index contributed by atoms with van der Waals surface area (Å²) in [6, 6.07) is 0. The number of rotatable bonds is 0. The first-order valence-electron chi connectivity index (χ1n) is 3.12. The van der Waals surface area contributed by atoms with E-state index >= 15 is 0 Å². The molecule has 0 amide bonds. The molecule has 1 fully saturated rings. The molecular weight excluding hydrogens is 136 g/mol. The fourth-order valence-corrected chi connectivity index (χ4v) is 0.382. The quantitative estimate of drug-likeness (QED) is 0.379. The summed E-state index contributed by atoms with van der Waals surface area (Å²) in [6.45, 7) is 5.45. The minimum Gasteiger partial charge on any atom is -0.419 e. The second kappa shape index (κ2) is 3.87. The van der Waals surface area contributed by atoms with E-state index in [0.717, 1.165) is 0 Å². The van der Waals surface area contributed by atoms with Gasteiger partial charge in [-0.25, -0.2) is 9.59 Å². The minimum absolute atomic E-state index is 0.616. The van der Waals surface area contributed by atoms with Gasteiger partial charge in [-0.15, -0.1) is 0 Å². The van der Waals surface area contributed by atoms with Crippen LogP contribution in [0.1, 0.15) is 20.8 Å². The fourth-order valence-electron chi connectivity index (χ4n) is 0.382. The van der Waals surface area contributed by atoms with Gasteiger partial charge in [0.1, 0.15) is 0 Å². The van der Waals surface area contributed by atoms with Gasteiger partial charge in [0.2, 0.25) is 0 Å². The van der Waals surface area contributed by atoms with Crippen LogP contribution in [0.3, 0.4) is 0 Å². The third kappa shape index (κ3) is 2.05. The molecule has 0 radical (unpaired) electrons. The van der Waals surface area contributed by atoms with E-state index in [2.05, 4.69) is 9.47 Å². The number of esters is 1. The first-order chi connectivity index (χ1) is 4.70. The van der Waals surface area contributed by atoms with E-state index in [1.165, 1.54) is 6.92 Å². The molecule has 1 saturated heterocycles. The highest BCUT2D eigenvalue weighted by Gasteiger charge is 2.30.